The number of aryl methyl sites for hydroxylation is 1. The summed E-state index contributed by atoms with van der Waals surface area (Å²) in [5, 5.41) is 2.60. The van der Waals surface area contributed by atoms with Gasteiger partial charge in [0, 0.05) is 12.0 Å². The fourth-order valence-electron chi connectivity index (χ4n) is 5.99. The zero-order valence-corrected chi connectivity index (χ0v) is 22.3. The van der Waals surface area contributed by atoms with Crippen LogP contribution >= 0.6 is 0 Å². The van der Waals surface area contributed by atoms with Crippen LogP contribution in [0.25, 0.3) is 71.3 Å². The van der Waals surface area contributed by atoms with E-state index in [4.69, 9.17) is 10.5 Å². The molecule has 8 aromatic rings. The highest BCUT2D eigenvalue weighted by Gasteiger charge is 2.20. The largest absolute Gasteiger partial charge is 0.296 e. The normalized spacial score (nSPS) is 14.4. The summed E-state index contributed by atoms with van der Waals surface area (Å²) in [6, 6.07) is 25.8. The highest BCUT2D eigenvalue weighted by Crippen LogP contribution is 2.45. The second kappa shape index (κ2) is 9.46. The number of fused-ring (bicyclic) bond motifs is 4. The van der Waals surface area contributed by atoms with E-state index in [-0.39, 0.29) is 45.7 Å². The molecule has 7 aromatic carbocycles. The Bertz CT molecular complexity index is 2620. The third-order valence-corrected chi connectivity index (χ3v) is 7.77. The van der Waals surface area contributed by atoms with E-state index in [0.717, 1.165) is 27.6 Å². The Kier molecular flexibility index (Phi) is 3.88. The topological polar surface area (TPSA) is 17.8 Å². The Balaban J connectivity index is 1.66. The van der Waals surface area contributed by atoms with Crippen molar-refractivity contribution >= 4 is 43.4 Å². The second-order valence-electron chi connectivity index (χ2n) is 10.0. The summed E-state index contributed by atoms with van der Waals surface area (Å²) in [5.74, 6) is 0.777. The van der Waals surface area contributed by atoms with Crippen molar-refractivity contribution in [3.05, 3.63) is 145 Å². The van der Waals surface area contributed by atoms with Gasteiger partial charge < -0.3 is 0 Å². The van der Waals surface area contributed by atoms with Crippen LogP contribution in [-0.4, -0.2) is 9.55 Å². The van der Waals surface area contributed by atoms with E-state index in [1.807, 2.05) is 102 Å². The Morgan fingerprint density at radius 2 is 1.24 bits per heavy atom. The van der Waals surface area contributed by atoms with Crippen LogP contribution in [0, 0.1) is 0 Å². The van der Waals surface area contributed by atoms with E-state index >= 15 is 0 Å². The lowest BCUT2D eigenvalue weighted by Crippen LogP contribution is -2.03. The molecule has 0 unspecified atom stereocenters. The van der Waals surface area contributed by atoms with Gasteiger partial charge in [-0.15, -0.1) is 0 Å². The third kappa shape index (κ3) is 3.68. The number of nitrogens with zero attached hydrogens (tertiary/aromatic N) is 2. The zero-order valence-electron chi connectivity index (χ0n) is 30.3. The lowest BCUT2D eigenvalue weighted by Gasteiger charge is -2.20. The van der Waals surface area contributed by atoms with E-state index in [0.29, 0.717) is 34.4 Å². The molecule has 0 saturated heterocycles. The van der Waals surface area contributed by atoms with Gasteiger partial charge in [-0.1, -0.05) is 122 Å². The number of imidazole rings is 1. The number of aromatic nitrogens is 2. The van der Waals surface area contributed by atoms with Crippen molar-refractivity contribution in [2.24, 2.45) is 0 Å². The average molecular weight is 533 g/mol. The van der Waals surface area contributed by atoms with E-state index < -0.39 is 24.2 Å². The SMILES string of the molecule is [2H]c1c([2H])c([2H])c2c(-c3ccccc3-n3c(CC)nc4ccccc43)c3c([2H])c([2H])c([2H])c([2H])c3c(-c3ccc4ccccc4c3)c2c1[2H]. The predicted octanol–water partition coefficient (Wildman–Crippen LogP) is 10.4. The van der Waals surface area contributed by atoms with Gasteiger partial charge in [-0.3, -0.25) is 4.57 Å². The molecule has 0 radical (unpaired) electrons. The number of benzene rings is 7. The number of rotatable bonds is 4. The molecule has 0 aliphatic rings. The third-order valence-electron chi connectivity index (χ3n) is 7.77. The summed E-state index contributed by atoms with van der Waals surface area (Å²) in [4.78, 5) is 4.88. The molecule has 41 heavy (non-hydrogen) atoms. The Morgan fingerprint density at radius 3 is 1.98 bits per heavy atom. The zero-order chi connectivity index (χ0) is 34.3. The molecule has 0 amide bonds. The Morgan fingerprint density at radius 1 is 0.634 bits per heavy atom. The molecule has 0 fully saturated rings. The van der Waals surface area contributed by atoms with E-state index in [2.05, 4.69) is 0 Å². The molecule has 2 nitrogen and oxygen atoms in total. The van der Waals surface area contributed by atoms with Crippen molar-refractivity contribution in [3.8, 4) is 27.9 Å². The first-order valence-corrected chi connectivity index (χ1v) is 13.6. The lowest BCUT2D eigenvalue weighted by atomic mass is 9.85. The quantitative estimate of drug-likeness (QED) is 0.206. The van der Waals surface area contributed by atoms with Gasteiger partial charge in [0.1, 0.15) is 5.82 Å². The summed E-state index contributed by atoms with van der Waals surface area (Å²) in [6.45, 7) is 2.01. The van der Waals surface area contributed by atoms with Gasteiger partial charge in [-0.05, 0) is 73.3 Å². The van der Waals surface area contributed by atoms with Crippen molar-refractivity contribution in [1.82, 2.24) is 9.55 Å². The van der Waals surface area contributed by atoms with Gasteiger partial charge in [0.05, 0.1) is 27.7 Å². The molecule has 8 rings (SSSR count). The molecule has 0 N–H and O–H groups in total. The molecule has 0 bridgehead atoms. The molecule has 0 spiro atoms. The number of para-hydroxylation sites is 3. The molecule has 0 aliphatic carbocycles. The van der Waals surface area contributed by atoms with Crippen molar-refractivity contribution < 1.29 is 11.0 Å². The fraction of sp³-hybridized carbons (Fsp3) is 0.0513. The molecule has 194 valence electrons. The number of hydrogen-bond donors (Lipinski definition) is 0. The first-order chi connectivity index (χ1) is 23.6. The minimum Gasteiger partial charge on any atom is -0.296 e. The Hall–Kier alpha value is -5.21. The highest BCUT2D eigenvalue weighted by molar-refractivity contribution is 6.22. The molecule has 1 heterocycles. The summed E-state index contributed by atoms with van der Waals surface area (Å²) in [6.07, 6.45) is 0.602. The Labute approximate surface area is 250 Å². The molecule has 2 heteroatoms. The van der Waals surface area contributed by atoms with Crippen molar-refractivity contribution in [2.75, 3.05) is 0 Å². The molecule has 0 saturated carbocycles. The van der Waals surface area contributed by atoms with Crippen molar-refractivity contribution in [3.63, 3.8) is 0 Å². The summed E-state index contributed by atoms with van der Waals surface area (Å²) >= 11 is 0. The molecular weight excluding hydrogens is 496 g/mol. The average Bonchev–Trinajstić information content (AvgIpc) is 3.51. The first kappa shape index (κ1) is 16.8. The monoisotopic (exact) mass is 532 g/mol. The standard InChI is InChI=1S/C39H28N2/c1-2-37-40-34-20-10-12-22-36(34)41(37)35-21-11-9-19-33(35)39-31-17-7-5-15-29(31)38(30-16-6-8-18-32(30)39)28-24-23-26-13-3-4-14-27(26)25-28/h3-25H,2H2,1H3/i5D,6D,7D,8D,15D,16D,17D,18D. The van der Waals surface area contributed by atoms with Crippen LogP contribution in [0.4, 0.5) is 0 Å². The maximum absolute atomic E-state index is 9.35. The second-order valence-corrected chi connectivity index (χ2v) is 10.0. The van der Waals surface area contributed by atoms with E-state index in [1.165, 1.54) is 0 Å². The van der Waals surface area contributed by atoms with E-state index in [1.54, 1.807) is 0 Å². The van der Waals surface area contributed by atoms with Crippen LogP contribution in [0.5, 0.6) is 0 Å². The van der Waals surface area contributed by atoms with Crippen LogP contribution in [0.1, 0.15) is 23.7 Å². The predicted molar refractivity (Wildman–Crippen MR) is 174 cm³/mol. The molecular formula is C39H28N2. The minimum atomic E-state index is -0.428. The first-order valence-electron chi connectivity index (χ1n) is 17.6. The van der Waals surface area contributed by atoms with Crippen LogP contribution in [-0.2, 0) is 6.42 Å². The van der Waals surface area contributed by atoms with Gasteiger partial charge in [-0.2, -0.15) is 0 Å². The lowest BCUT2D eigenvalue weighted by molar-refractivity contribution is 0.909. The van der Waals surface area contributed by atoms with Crippen LogP contribution < -0.4 is 0 Å². The van der Waals surface area contributed by atoms with Gasteiger partial charge >= 0.3 is 0 Å². The van der Waals surface area contributed by atoms with Crippen LogP contribution in [0.3, 0.4) is 0 Å². The fourth-order valence-corrected chi connectivity index (χ4v) is 5.99. The van der Waals surface area contributed by atoms with Crippen molar-refractivity contribution in [1.29, 1.82) is 0 Å². The summed E-state index contributed by atoms with van der Waals surface area (Å²) < 4.78 is 74.4. The number of hydrogen-bond acceptors (Lipinski definition) is 1. The van der Waals surface area contributed by atoms with E-state index in [9.17, 15) is 5.48 Å². The van der Waals surface area contributed by atoms with Gasteiger partial charge in [0.2, 0.25) is 0 Å². The van der Waals surface area contributed by atoms with Crippen molar-refractivity contribution in [2.45, 2.75) is 13.3 Å². The smallest absolute Gasteiger partial charge is 0.114 e. The van der Waals surface area contributed by atoms with Gasteiger partial charge in [0.15, 0.2) is 0 Å². The molecule has 0 aliphatic heterocycles. The molecule has 0 atom stereocenters. The van der Waals surface area contributed by atoms with Crippen LogP contribution in [0.15, 0.2) is 139 Å². The maximum atomic E-state index is 9.35. The highest BCUT2D eigenvalue weighted by atomic mass is 15.1. The van der Waals surface area contributed by atoms with Crippen LogP contribution in [0.2, 0.25) is 0 Å². The van der Waals surface area contributed by atoms with Gasteiger partial charge in [0.25, 0.3) is 0 Å². The summed E-state index contributed by atoms with van der Waals surface area (Å²) in [5.41, 5.74) is 4.08. The minimum absolute atomic E-state index is 0.182. The van der Waals surface area contributed by atoms with Gasteiger partial charge in [-0.25, -0.2) is 4.98 Å². The maximum Gasteiger partial charge on any atom is 0.114 e. The molecule has 1 aromatic heterocycles. The summed E-state index contributed by atoms with van der Waals surface area (Å²) in [7, 11) is 0.